The molecule has 0 saturated heterocycles. The Labute approximate surface area is 93.4 Å². The van der Waals surface area contributed by atoms with Crippen molar-refractivity contribution in [1.82, 2.24) is 10.3 Å². The predicted octanol–water partition coefficient (Wildman–Crippen LogP) is 0.341. The van der Waals surface area contributed by atoms with E-state index in [2.05, 4.69) is 15.3 Å². The Balaban J connectivity index is 2.33. The molecule has 0 aliphatic carbocycles. The molecule has 1 aliphatic rings. The van der Waals surface area contributed by atoms with Crippen LogP contribution in [0.5, 0.6) is 0 Å². The summed E-state index contributed by atoms with van der Waals surface area (Å²) in [6, 6.07) is 0. The van der Waals surface area contributed by atoms with Gasteiger partial charge in [-0.1, -0.05) is 13.8 Å². The van der Waals surface area contributed by atoms with Crippen LogP contribution in [0.2, 0.25) is 0 Å². The lowest BCUT2D eigenvalue weighted by atomic mass is 10.2. The summed E-state index contributed by atoms with van der Waals surface area (Å²) >= 11 is 0. The largest absolute Gasteiger partial charge is 0.440 e. The summed E-state index contributed by atoms with van der Waals surface area (Å²) in [4.78, 5) is 8.19. The number of hydrogen-bond donors (Lipinski definition) is 3. The number of nitrogens with two attached hydrogens (primary N) is 2. The van der Waals surface area contributed by atoms with Gasteiger partial charge in [-0.15, -0.1) is 0 Å². The highest BCUT2D eigenvalue weighted by atomic mass is 16.4. The predicted molar refractivity (Wildman–Crippen MR) is 60.4 cm³/mol. The molecule has 6 nitrogen and oxygen atoms in total. The van der Waals surface area contributed by atoms with E-state index in [-0.39, 0.29) is 5.92 Å². The highest BCUT2D eigenvalue weighted by Crippen LogP contribution is 2.22. The molecular weight excluding hydrogens is 206 g/mol. The summed E-state index contributed by atoms with van der Waals surface area (Å²) < 4.78 is 5.54. The second-order valence-electron chi connectivity index (χ2n) is 4.00. The lowest BCUT2D eigenvalue weighted by Crippen LogP contribution is -2.49. The highest BCUT2D eigenvalue weighted by molar-refractivity contribution is 5.92. The number of aliphatic imine (C=N–C) groups is 1. The SMILES string of the molecule is CC(C)c1cnc(C2(N)N=C(N)C=CN2)o1. The van der Waals surface area contributed by atoms with Gasteiger partial charge in [0.1, 0.15) is 11.6 Å². The number of nitrogens with one attached hydrogen (secondary N) is 1. The minimum absolute atomic E-state index is 0.255. The van der Waals surface area contributed by atoms with E-state index in [0.29, 0.717) is 11.7 Å². The van der Waals surface area contributed by atoms with E-state index in [0.717, 1.165) is 5.76 Å². The molecule has 0 amide bonds. The maximum Gasteiger partial charge on any atom is 0.262 e. The third-order valence-electron chi connectivity index (χ3n) is 2.28. The fourth-order valence-corrected chi connectivity index (χ4v) is 1.37. The van der Waals surface area contributed by atoms with Gasteiger partial charge in [-0.25, -0.2) is 9.98 Å². The lowest BCUT2D eigenvalue weighted by Gasteiger charge is -2.24. The monoisotopic (exact) mass is 221 g/mol. The molecule has 86 valence electrons. The molecule has 0 saturated carbocycles. The zero-order valence-corrected chi connectivity index (χ0v) is 9.27. The summed E-state index contributed by atoms with van der Waals surface area (Å²) in [5.74, 6) is 0.468. The van der Waals surface area contributed by atoms with Crippen LogP contribution in [-0.4, -0.2) is 10.8 Å². The van der Waals surface area contributed by atoms with Crippen LogP contribution < -0.4 is 16.8 Å². The van der Waals surface area contributed by atoms with E-state index in [1.165, 1.54) is 0 Å². The summed E-state index contributed by atoms with van der Waals surface area (Å²) in [5.41, 5.74) is 11.6. The molecule has 0 spiro atoms. The van der Waals surface area contributed by atoms with Gasteiger partial charge >= 0.3 is 0 Å². The third-order valence-corrected chi connectivity index (χ3v) is 2.28. The normalized spacial score (nSPS) is 24.4. The number of nitrogens with zero attached hydrogens (tertiary/aromatic N) is 2. The van der Waals surface area contributed by atoms with Gasteiger partial charge in [0.05, 0.1) is 6.20 Å². The van der Waals surface area contributed by atoms with Crippen LogP contribution in [0.4, 0.5) is 0 Å². The van der Waals surface area contributed by atoms with Crippen LogP contribution in [0.15, 0.2) is 27.9 Å². The van der Waals surface area contributed by atoms with Gasteiger partial charge < -0.3 is 15.5 Å². The summed E-state index contributed by atoms with van der Waals surface area (Å²) in [6.07, 6.45) is 4.90. The average molecular weight is 221 g/mol. The first kappa shape index (κ1) is 10.7. The fraction of sp³-hybridized carbons (Fsp3) is 0.400. The van der Waals surface area contributed by atoms with Gasteiger partial charge in [0.25, 0.3) is 11.7 Å². The van der Waals surface area contributed by atoms with Gasteiger partial charge in [0, 0.05) is 12.1 Å². The number of oxazole rings is 1. The van der Waals surface area contributed by atoms with Crippen molar-refractivity contribution >= 4 is 5.84 Å². The Morgan fingerprint density at radius 3 is 2.81 bits per heavy atom. The molecular formula is C10H15N5O. The van der Waals surface area contributed by atoms with Gasteiger partial charge in [0.15, 0.2) is 0 Å². The quantitative estimate of drug-likeness (QED) is 0.668. The van der Waals surface area contributed by atoms with Gasteiger partial charge in [-0.05, 0) is 6.08 Å². The van der Waals surface area contributed by atoms with Crippen molar-refractivity contribution in [1.29, 1.82) is 0 Å². The zero-order valence-electron chi connectivity index (χ0n) is 9.27. The van der Waals surface area contributed by atoms with Crippen molar-refractivity contribution in [3.8, 4) is 0 Å². The van der Waals surface area contributed by atoms with Crippen molar-refractivity contribution < 1.29 is 4.42 Å². The molecule has 1 aromatic heterocycles. The summed E-state index contributed by atoms with van der Waals surface area (Å²) in [5, 5.41) is 2.87. The topological polar surface area (TPSA) is 102 Å². The van der Waals surface area contributed by atoms with Gasteiger partial charge in [-0.2, -0.15) is 0 Å². The fourth-order valence-electron chi connectivity index (χ4n) is 1.37. The zero-order chi connectivity index (χ0) is 11.8. The Kier molecular flexibility index (Phi) is 2.43. The number of amidine groups is 1. The molecule has 1 aromatic rings. The van der Waals surface area contributed by atoms with Crippen LogP contribution in [0.3, 0.4) is 0 Å². The van der Waals surface area contributed by atoms with Crippen LogP contribution in [0, 0.1) is 0 Å². The lowest BCUT2D eigenvalue weighted by molar-refractivity contribution is 0.292. The first-order valence-corrected chi connectivity index (χ1v) is 5.06. The maximum absolute atomic E-state index is 6.00. The number of rotatable bonds is 2. The highest BCUT2D eigenvalue weighted by Gasteiger charge is 2.33. The number of hydrogen-bond acceptors (Lipinski definition) is 6. The van der Waals surface area contributed by atoms with E-state index in [1.54, 1.807) is 18.5 Å². The standard InChI is InChI=1S/C10H15N5O/c1-6(2)7-5-13-9(16-7)10(12)14-4-3-8(11)15-10/h3-6,14H,12H2,1-2H3,(H2,11,15). The molecule has 0 radical (unpaired) electrons. The molecule has 0 bridgehead atoms. The van der Waals surface area contributed by atoms with Crippen LogP contribution >= 0.6 is 0 Å². The maximum atomic E-state index is 6.00. The van der Waals surface area contributed by atoms with Crippen LogP contribution in [0.25, 0.3) is 0 Å². The Morgan fingerprint density at radius 2 is 2.25 bits per heavy atom. The molecule has 0 aromatic carbocycles. The van der Waals surface area contributed by atoms with Crippen molar-refractivity contribution in [3.63, 3.8) is 0 Å². The molecule has 2 rings (SSSR count). The van der Waals surface area contributed by atoms with E-state index in [1.807, 2.05) is 13.8 Å². The molecule has 6 heteroatoms. The Hall–Kier alpha value is -1.82. The molecule has 1 aliphatic heterocycles. The molecule has 1 atom stereocenters. The first-order chi connectivity index (χ1) is 7.51. The van der Waals surface area contributed by atoms with Crippen molar-refractivity contribution in [2.45, 2.75) is 25.6 Å². The smallest absolute Gasteiger partial charge is 0.262 e. The molecule has 0 fully saturated rings. The Morgan fingerprint density at radius 1 is 1.50 bits per heavy atom. The Bertz CT molecular complexity index is 448. The number of aromatic nitrogens is 1. The minimum Gasteiger partial charge on any atom is -0.440 e. The minimum atomic E-state index is -1.20. The van der Waals surface area contributed by atoms with Crippen molar-refractivity contribution in [2.24, 2.45) is 16.5 Å². The van der Waals surface area contributed by atoms with Crippen molar-refractivity contribution in [3.05, 3.63) is 30.1 Å². The average Bonchev–Trinajstić information content (AvgIpc) is 2.66. The van der Waals surface area contributed by atoms with Crippen molar-refractivity contribution in [2.75, 3.05) is 0 Å². The van der Waals surface area contributed by atoms with E-state index < -0.39 is 5.79 Å². The van der Waals surface area contributed by atoms with E-state index >= 15 is 0 Å². The second-order valence-corrected chi connectivity index (χ2v) is 4.00. The van der Waals surface area contributed by atoms with Crippen LogP contribution in [-0.2, 0) is 5.79 Å². The van der Waals surface area contributed by atoms with Gasteiger partial charge in [0.2, 0.25) is 0 Å². The van der Waals surface area contributed by atoms with Gasteiger partial charge in [-0.3, -0.25) is 5.73 Å². The third kappa shape index (κ3) is 1.79. The molecule has 2 heterocycles. The van der Waals surface area contributed by atoms with Crippen LogP contribution in [0.1, 0.15) is 31.4 Å². The second kappa shape index (κ2) is 3.64. The molecule has 1 unspecified atom stereocenters. The first-order valence-electron chi connectivity index (χ1n) is 5.06. The molecule has 5 N–H and O–H groups in total. The van der Waals surface area contributed by atoms with E-state index in [4.69, 9.17) is 15.9 Å². The summed E-state index contributed by atoms with van der Waals surface area (Å²) in [7, 11) is 0. The van der Waals surface area contributed by atoms with E-state index in [9.17, 15) is 0 Å². The summed E-state index contributed by atoms with van der Waals surface area (Å²) in [6.45, 7) is 4.03. The molecule has 16 heavy (non-hydrogen) atoms.